The van der Waals surface area contributed by atoms with E-state index in [4.69, 9.17) is 10.5 Å². The topological polar surface area (TPSA) is 55.6 Å². The van der Waals surface area contributed by atoms with Crippen molar-refractivity contribution >= 4 is 5.91 Å². The second-order valence-electron chi connectivity index (χ2n) is 6.93. The van der Waals surface area contributed by atoms with Gasteiger partial charge in [-0.1, -0.05) is 24.6 Å². The van der Waals surface area contributed by atoms with Gasteiger partial charge >= 0.3 is 0 Å². The second-order valence-corrected chi connectivity index (χ2v) is 6.93. The fourth-order valence-electron chi connectivity index (χ4n) is 3.93. The van der Waals surface area contributed by atoms with Crippen LogP contribution in [0.4, 0.5) is 0 Å². The van der Waals surface area contributed by atoms with Gasteiger partial charge in [0, 0.05) is 19.0 Å². The van der Waals surface area contributed by atoms with Gasteiger partial charge in [-0.05, 0) is 56.2 Å². The summed E-state index contributed by atoms with van der Waals surface area (Å²) in [6, 6.07) is 9.96. The van der Waals surface area contributed by atoms with Crippen LogP contribution in [0.2, 0.25) is 0 Å². The summed E-state index contributed by atoms with van der Waals surface area (Å²) in [6.07, 6.45) is 5.38. The maximum atomic E-state index is 12.7. The number of nitrogens with two attached hydrogens (primary N) is 1. The summed E-state index contributed by atoms with van der Waals surface area (Å²) in [5.74, 6) is 2.41. The molecule has 1 aliphatic heterocycles. The average molecular weight is 316 g/mol. The second kappa shape index (κ2) is 7.82. The Bertz CT molecular complexity index is 497. The summed E-state index contributed by atoms with van der Waals surface area (Å²) in [5.41, 5.74) is 5.82. The molecule has 1 saturated heterocycles. The molecule has 2 N–H and O–H groups in total. The minimum absolute atomic E-state index is 0.178. The van der Waals surface area contributed by atoms with Gasteiger partial charge < -0.3 is 15.4 Å². The predicted octanol–water partition coefficient (Wildman–Crippen LogP) is 2.68. The van der Waals surface area contributed by atoms with Crippen LogP contribution in [0, 0.1) is 17.8 Å². The Balaban J connectivity index is 1.44. The van der Waals surface area contributed by atoms with Crippen LogP contribution >= 0.6 is 0 Å². The van der Waals surface area contributed by atoms with E-state index in [2.05, 4.69) is 4.90 Å². The number of hydrogen-bond donors (Lipinski definition) is 1. The smallest absolute Gasteiger partial charge is 0.226 e. The molecule has 3 rings (SSSR count). The van der Waals surface area contributed by atoms with Crippen LogP contribution in [0.15, 0.2) is 30.3 Å². The van der Waals surface area contributed by atoms with Crippen LogP contribution in [-0.2, 0) is 4.79 Å². The number of piperidine rings is 1. The van der Waals surface area contributed by atoms with Crippen LogP contribution in [0.3, 0.4) is 0 Å². The zero-order valence-corrected chi connectivity index (χ0v) is 13.8. The quantitative estimate of drug-likeness (QED) is 0.908. The number of para-hydroxylation sites is 1. The van der Waals surface area contributed by atoms with Crippen LogP contribution < -0.4 is 10.5 Å². The number of benzene rings is 1. The van der Waals surface area contributed by atoms with Crippen molar-refractivity contribution in [1.82, 2.24) is 4.90 Å². The molecule has 0 spiro atoms. The first kappa shape index (κ1) is 16.3. The van der Waals surface area contributed by atoms with Gasteiger partial charge in [-0.25, -0.2) is 0 Å². The van der Waals surface area contributed by atoms with E-state index in [0.717, 1.165) is 57.6 Å². The number of amides is 1. The Morgan fingerprint density at radius 2 is 1.87 bits per heavy atom. The number of carbonyl (C=O) groups excluding carboxylic acids is 1. The molecule has 2 fully saturated rings. The molecule has 0 radical (unpaired) electrons. The molecule has 126 valence electrons. The van der Waals surface area contributed by atoms with Gasteiger partial charge in [0.1, 0.15) is 5.75 Å². The number of hydrogen-bond acceptors (Lipinski definition) is 3. The fourth-order valence-corrected chi connectivity index (χ4v) is 3.93. The molecule has 1 aliphatic carbocycles. The SMILES string of the molecule is NC[C@H]1CCC[C@H]1C(=O)N1CCC(COc2ccccc2)CC1. The summed E-state index contributed by atoms with van der Waals surface area (Å²) in [7, 11) is 0. The highest BCUT2D eigenvalue weighted by molar-refractivity contribution is 5.79. The van der Waals surface area contributed by atoms with Crippen LogP contribution in [0.1, 0.15) is 32.1 Å². The lowest BCUT2D eigenvalue weighted by atomic mass is 9.92. The van der Waals surface area contributed by atoms with E-state index in [1.807, 2.05) is 30.3 Å². The summed E-state index contributed by atoms with van der Waals surface area (Å²) in [4.78, 5) is 14.8. The maximum absolute atomic E-state index is 12.7. The standard InChI is InChI=1S/C19H28N2O2/c20-13-16-5-4-8-18(16)19(22)21-11-9-15(10-12-21)14-23-17-6-2-1-3-7-17/h1-3,6-7,15-16,18H,4-5,8-14,20H2/t16-,18-/m1/s1. The van der Waals surface area contributed by atoms with Gasteiger partial charge in [0.05, 0.1) is 6.61 Å². The van der Waals surface area contributed by atoms with Crippen molar-refractivity contribution < 1.29 is 9.53 Å². The molecule has 4 nitrogen and oxygen atoms in total. The van der Waals surface area contributed by atoms with E-state index in [1.54, 1.807) is 0 Å². The zero-order chi connectivity index (χ0) is 16.1. The van der Waals surface area contributed by atoms with E-state index in [0.29, 0.717) is 24.3 Å². The normalized spacial score (nSPS) is 25.5. The van der Waals surface area contributed by atoms with Crippen molar-refractivity contribution in [3.63, 3.8) is 0 Å². The third-order valence-corrected chi connectivity index (χ3v) is 5.43. The molecule has 0 bridgehead atoms. The van der Waals surface area contributed by atoms with Gasteiger partial charge in [0.2, 0.25) is 5.91 Å². The van der Waals surface area contributed by atoms with Crippen molar-refractivity contribution in [3.05, 3.63) is 30.3 Å². The molecule has 1 heterocycles. The minimum atomic E-state index is 0.178. The number of nitrogens with zero attached hydrogens (tertiary/aromatic N) is 1. The molecular weight excluding hydrogens is 288 g/mol. The molecule has 1 aromatic rings. The monoisotopic (exact) mass is 316 g/mol. The zero-order valence-electron chi connectivity index (χ0n) is 13.8. The lowest BCUT2D eigenvalue weighted by Gasteiger charge is -2.34. The Morgan fingerprint density at radius 1 is 1.13 bits per heavy atom. The van der Waals surface area contributed by atoms with Crippen LogP contribution in [0.25, 0.3) is 0 Å². The van der Waals surface area contributed by atoms with Gasteiger partial charge in [0.15, 0.2) is 0 Å². The number of carbonyl (C=O) groups is 1. The Labute approximate surface area is 139 Å². The number of likely N-dealkylation sites (tertiary alicyclic amines) is 1. The van der Waals surface area contributed by atoms with E-state index < -0.39 is 0 Å². The van der Waals surface area contributed by atoms with Gasteiger partial charge in [-0.2, -0.15) is 0 Å². The largest absolute Gasteiger partial charge is 0.493 e. The van der Waals surface area contributed by atoms with E-state index >= 15 is 0 Å². The van der Waals surface area contributed by atoms with Crippen molar-refractivity contribution in [2.75, 3.05) is 26.2 Å². The molecule has 1 saturated carbocycles. The van der Waals surface area contributed by atoms with Gasteiger partial charge in [0.25, 0.3) is 0 Å². The maximum Gasteiger partial charge on any atom is 0.226 e. The summed E-state index contributed by atoms with van der Waals surface area (Å²) in [6.45, 7) is 3.14. The lowest BCUT2D eigenvalue weighted by Crippen LogP contribution is -2.44. The first-order valence-electron chi connectivity index (χ1n) is 8.94. The molecule has 23 heavy (non-hydrogen) atoms. The van der Waals surface area contributed by atoms with E-state index in [9.17, 15) is 4.79 Å². The highest BCUT2D eigenvalue weighted by Gasteiger charge is 2.35. The Morgan fingerprint density at radius 3 is 2.57 bits per heavy atom. The van der Waals surface area contributed by atoms with E-state index in [-0.39, 0.29) is 5.92 Å². The summed E-state index contributed by atoms with van der Waals surface area (Å²) in [5, 5.41) is 0. The first-order chi connectivity index (χ1) is 11.3. The Hall–Kier alpha value is -1.55. The average Bonchev–Trinajstić information content (AvgIpc) is 3.09. The van der Waals surface area contributed by atoms with Gasteiger partial charge in [-0.3, -0.25) is 4.79 Å². The highest BCUT2D eigenvalue weighted by atomic mass is 16.5. The number of ether oxygens (including phenoxy) is 1. The van der Waals surface area contributed by atoms with Crippen molar-refractivity contribution in [3.8, 4) is 5.75 Å². The third kappa shape index (κ3) is 4.05. The van der Waals surface area contributed by atoms with Crippen LogP contribution in [0.5, 0.6) is 5.75 Å². The Kier molecular flexibility index (Phi) is 5.55. The molecule has 0 unspecified atom stereocenters. The molecule has 2 atom stereocenters. The summed E-state index contributed by atoms with van der Waals surface area (Å²) < 4.78 is 5.86. The summed E-state index contributed by atoms with van der Waals surface area (Å²) >= 11 is 0. The molecule has 1 amide bonds. The molecule has 0 aromatic heterocycles. The molecule has 4 heteroatoms. The molecule has 1 aromatic carbocycles. The van der Waals surface area contributed by atoms with Crippen molar-refractivity contribution in [2.24, 2.45) is 23.5 Å². The van der Waals surface area contributed by atoms with E-state index in [1.165, 1.54) is 0 Å². The van der Waals surface area contributed by atoms with Crippen LogP contribution in [-0.4, -0.2) is 37.0 Å². The lowest BCUT2D eigenvalue weighted by molar-refractivity contribution is -0.138. The molecular formula is C19H28N2O2. The third-order valence-electron chi connectivity index (χ3n) is 5.43. The minimum Gasteiger partial charge on any atom is -0.493 e. The first-order valence-corrected chi connectivity index (χ1v) is 8.94. The van der Waals surface area contributed by atoms with Crippen molar-refractivity contribution in [1.29, 1.82) is 0 Å². The fraction of sp³-hybridized carbons (Fsp3) is 0.632. The highest BCUT2D eigenvalue weighted by Crippen LogP contribution is 2.33. The number of rotatable bonds is 5. The van der Waals surface area contributed by atoms with Gasteiger partial charge in [-0.15, -0.1) is 0 Å². The molecule has 2 aliphatic rings. The predicted molar refractivity (Wildman–Crippen MR) is 91.1 cm³/mol. The van der Waals surface area contributed by atoms with Crippen molar-refractivity contribution in [2.45, 2.75) is 32.1 Å².